The zero-order chi connectivity index (χ0) is 28.1. The average Bonchev–Trinajstić information content (AvgIpc) is 3.56. The summed E-state index contributed by atoms with van der Waals surface area (Å²) in [6, 6.07) is 8.71. The van der Waals surface area contributed by atoms with E-state index in [9.17, 15) is 4.79 Å². The van der Waals surface area contributed by atoms with E-state index < -0.39 is 0 Å². The van der Waals surface area contributed by atoms with Gasteiger partial charge >= 0.3 is 0 Å². The molecule has 0 bridgehead atoms. The summed E-state index contributed by atoms with van der Waals surface area (Å²) in [5.41, 5.74) is 6.24. The first-order valence-corrected chi connectivity index (χ1v) is 16.2. The summed E-state index contributed by atoms with van der Waals surface area (Å²) < 4.78 is 13.1. The van der Waals surface area contributed by atoms with Gasteiger partial charge in [0.1, 0.15) is 0 Å². The van der Waals surface area contributed by atoms with Gasteiger partial charge in [0.05, 0.1) is 18.3 Å². The summed E-state index contributed by atoms with van der Waals surface area (Å²) in [5.74, 6) is 1.82. The van der Waals surface area contributed by atoms with Crippen LogP contribution in [-0.4, -0.2) is 49.3 Å². The van der Waals surface area contributed by atoms with Gasteiger partial charge in [-0.2, -0.15) is 0 Å². The van der Waals surface area contributed by atoms with Gasteiger partial charge < -0.3 is 14.4 Å². The van der Waals surface area contributed by atoms with Crippen molar-refractivity contribution in [3.8, 4) is 0 Å². The molecule has 218 valence electrons. The molecular weight excluding hydrogens is 494 g/mol. The highest BCUT2D eigenvalue weighted by Gasteiger charge is 2.62. The molecule has 1 amide bonds. The van der Waals surface area contributed by atoms with Crippen molar-refractivity contribution >= 4 is 5.91 Å². The van der Waals surface area contributed by atoms with E-state index in [1.165, 1.54) is 63.4 Å². The van der Waals surface area contributed by atoms with Gasteiger partial charge in [-0.25, -0.2) is 0 Å². The molecule has 7 atom stereocenters. The molecule has 4 nitrogen and oxygen atoms in total. The number of fused-ring (bicyclic) bond motifs is 4. The van der Waals surface area contributed by atoms with Crippen LogP contribution in [0.3, 0.4) is 0 Å². The lowest BCUT2D eigenvalue weighted by atomic mass is 9.45. The molecule has 1 heterocycles. The van der Waals surface area contributed by atoms with E-state index in [0.29, 0.717) is 23.9 Å². The van der Waals surface area contributed by atoms with Crippen molar-refractivity contribution in [2.75, 3.05) is 26.8 Å². The largest absolute Gasteiger partial charge is 0.377 e. The number of ether oxygens (including phenoxy) is 2. The second-order valence-corrected chi connectivity index (χ2v) is 14.2. The number of carbonyl (C=O) groups excluding carboxylic acids is 1. The Bertz CT molecular complexity index is 1150. The van der Waals surface area contributed by atoms with Crippen molar-refractivity contribution in [2.24, 2.45) is 22.7 Å². The molecule has 1 spiro atoms. The zero-order valence-electron chi connectivity index (χ0n) is 25.5. The van der Waals surface area contributed by atoms with Crippen LogP contribution in [0.2, 0.25) is 0 Å². The average molecular weight is 546 g/mol. The first kappa shape index (κ1) is 28.2. The van der Waals surface area contributed by atoms with Crippen molar-refractivity contribution in [1.29, 1.82) is 0 Å². The van der Waals surface area contributed by atoms with Crippen molar-refractivity contribution in [2.45, 2.75) is 109 Å². The van der Waals surface area contributed by atoms with E-state index in [1.54, 1.807) is 16.0 Å². The maximum absolute atomic E-state index is 12.9. The highest BCUT2D eigenvalue weighted by molar-refractivity contribution is 5.94. The van der Waals surface area contributed by atoms with E-state index in [1.807, 2.05) is 20.0 Å². The van der Waals surface area contributed by atoms with Crippen LogP contribution in [0, 0.1) is 22.7 Å². The maximum Gasteiger partial charge on any atom is 0.253 e. The Morgan fingerprint density at radius 2 is 1.93 bits per heavy atom. The van der Waals surface area contributed by atoms with Gasteiger partial charge in [-0.05, 0) is 118 Å². The van der Waals surface area contributed by atoms with Crippen LogP contribution >= 0.6 is 0 Å². The second-order valence-electron chi connectivity index (χ2n) is 14.2. The lowest BCUT2D eigenvalue weighted by Crippen LogP contribution is -2.52. The predicted molar refractivity (Wildman–Crippen MR) is 161 cm³/mol. The number of amides is 1. The summed E-state index contributed by atoms with van der Waals surface area (Å²) >= 11 is 0. The first-order valence-electron chi connectivity index (χ1n) is 16.2. The van der Waals surface area contributed by atoms with Crippen LogP contribution in [0.4, 0.5) is 0 Å². The summed E-state index contributed by atoms with van der Waals surface area (Å²) in [4.78, 5) is 14.7. The minimum atomic E-state index is 0.106. The summed E-state index contributed by atoms with van der Waals surface area (Å²) in [6.07, 6.45) is 15.5. The number of rotatable bonds is 7. The first-order chi connectivity index (χ1) is 19.2. The molecular formula is C36H51NO3. The van der Waals surface area contributed by atoms with Crippen LogP contribution in [0.1, 0.15) is 113 Å². The SMILES string of the molecule is C=CCCOC1CCC2C3(C)CCC4CC5(CCCO5)CCC4=C3C(c3ccc(C(=O)N(C)CC)cc3)CC12C. The molecule has 4 heteroatoms. The normalized spacial score (nSPS) is 38.6. The Hall–Kier alpha value is -1.91. The molecule has 7 unspecified atom stereocenters. The second kappa shape index (κ2) is 10.7. The third-order valence-electron chi connectivity index (χ3n) is 12.2. The monoisotopic (exact) mass is 545 g/mol. The van der Waals surface area contributed by atoms with Gasteiger partial charge in [0, 0.05) is 31.7 Å². The Balaban J connectivity index is 1.40. The molecule has 1 saturated heterocycles. The molecule has 3 saturated carbocycles. The molecule has 4 fully saturated rings. The number of nitrogens with zero attached hydrogens (tertiary/aromatic N) is 1. The molecule has 4 aliphatic carbocycles. The third-order valence-corrected chi connectivity index (χ3v) is 12.2. The van der Waals surface area contributed by atoms with Crippen molar-refractivity contribution in [3.05, 3.63) is 59.2 Å². The molecule has 0 aromatic heterocycles. The van der Waals surface area contributed by atoms with E-state index >= 15 is 0 Å². The molecule has 0 radical (unpaired) electrons. The quantitative estimate of drug-likeness (QED) is 0.257. The zero-order valence-corrected chi connectivity index (χ0v) is 25.5. The highest BCUT2D eigenvalue weighted by Crippen LogP contribution is 2.70. The molecule has 1 aromatic rings. The van der Waals surface area contributed by atoms with Crippen LogP contribution in [0.15, 0.2) is 48.1 Å². The minimum Gasteiger partial charge on any atom is -0.377 e. The molecule has 40 heavy (non-hydrogen) atoms. The smallest absolute Gasteiger partial charge is 0.253 e. The van der Waals surface area contributed by atoms with Crippen molar-refractivity contribution < 1.29 is 14.3 Å². The van der Waals surface area contributed by atoms with Crippen LogP contribution in [0.5, 0.6) is 0 Å². The van der Waals surface area contributed by atoms with E-state index in [0.717, 1.165) is 38.2 Å². The maximum atomic E-state index is 12.9. The minimum absolute atomic E-state index is 0.106. The number of hydrogen-bond acceptors (Lipinski definition) is 3. The molecule has 1 aromatic carbocycles. The van der Waals surface area contributed by atoms with Gasteiger partial charge in [0.15, 0.2) is 0 Å². The molecule has 6 rings (SSSR count). The fraction of sp³-hybridized carbons (Fsp3) is 0.694. The number of carbonyl (C=O) groups is 1. The highest BCUT2D eigenvalue weighted by atomic mass is 16.5. The Morgan fingerprint density at radius 1 is 1.12 bits per heavy atom. The molecule has 1 aliphatic heterocycles. The van der Waals surface area contributed by atoms with Crippen LogP contribution in [-0.2, 0) is 9.47 Å². The Kier molecular flexibility index (Phi) is 7.57. The van der Waals surface area contributed by atoms with Crippen molar-refractivity contribution in [3.63, 3.8) is 0 Å². The summed E-state index contributed by atoms with van der Waals surface area (Å²) in [7, 11) is 1.88. The summed E-state index contributed by atoms with van der Waals surface area (Å²) in [5, 5.41) is 0. The number of allylic oxidation sites excluding steroid dienone is 2. The van der Waals surface area contributed by atoms with E-state index in [4.69, 9.17) is 9.47 Å². The fourth-order valence-corrected chi connectivity index (χ4v) is 10.1. The number of benzene rings is 1. The van der Waals surface area contributed by atoms with Gasteiger partial charge in [-0.1, -0.05) is 43.2 Å². The predicted octanol–water partition coefficient (Wildman–Crippen LogP) is 8.09. The van der Waals surface area contributed by atoms with Gasteiger partial charge in [0.25, 0.3) is 5.91 Å². The van der Waals surface area contributed by atoms with E-state index in [-0.39, 0.29) is 22.3 Å². The topological polar surface area (TPSA) is 38.8 Å². The third kappa shape index (κ3) is 4.53. The van der Waals surface area contributed by atoms with Gasteiger partial charge in [-0.3, -0.25) is 4.79 Å². The van der Waals surface area contributed by atoms with Crippen LogP contribution in [0.25, 0.3) is 0 Å². The lowest BCUT2D eigenvalue weighted by molar-refractivity contribution is -0.0766. The van der Waals surface area contributed by atoms with Crippen LogP contribution < -0.4 is 0 Å². The Morgan fingerprint density at radius 3 is 2.62 bits per heavy atom. The van der Waals surface area contributed by atoms with Gasteiger partial charge in [0.2, 0.25) is 0 Å². The lowest BCUT2D eigenvalue weighted by Gasteiger charge is -2.59. The van der Waals surface area contributed by atoms with Crippen molar-refractivity contribution in [1.82, 2.24) is 4.90 Å². The number of hydrogen-bond donors (Lipinski definition) is 0. The van der Waals surface area contributed by atoms with E-state index in [2.05, 4.69) is 44.7 Å². The van der Waals surface area contributed by atoms with Gasteiger partial charge in [-0.15, -0.1) is 6.58 Å². The fourth-order valence-electron chi connectivity index (χ4n) is 10.1. The standard InChI is InChI=1S/C36H51NO3/c1-6-8-21-39-31-15-14-30-34(3)19-16-27-23-36(18-9-22-40-36)20-17-28(27)32(34)29(24-35(30,31)4)25-10-12-26(13-11-25)33(38)37(5)7-2/h6,10-13,27,29-31H,1,7-9,14-24H2,2-5H3. The Labute approximate surface area is 242 Å². The molecule has 5 aliphatic rings. The summed E-state index contributed by atoms with van der Waals surface area (Å²) in [6.45, 7) is 13.6. The molecule has 0 N–H and O–H groups in total.